The van der Waals surface area contributed by atoms with E-state index in [4.69, 9.17) is 4.74 Å². The van der Waals surface area contributed by atoms with Crippen LogP contribution < -0.4 is 10.2 Å². The molecule has 1 aliphatic rings. The number of rotatable bonds is 7. The number of ether oxygens (including phenoxy) is 1. The van der Waals surface area contributed by atoms with Crippen LogP contribution in [0.5, 0.6) is 0 Å². The minimum atomic E-state index is -0.645. The van der Waals surface area contributed by atoms with Crippen molar-refractivity contribution in [3.05, 3.63) is 29.8 Å². The lowest BCUT2D eigenvalue weighted by Crippen LogP contribution is -2.40. The highest BCUT2D eigenvalue weighted by atomic mass is 16.6. The molecule has 5 heteroatoms. The number of aliphatic hydroxyl groups is 1. The molecule has 0 bridgehead atoms. The van der Waals surface area contributed by atoms with Gasteiger partial charge in [-0.1, -0.05) is 26.0 Å². The maximum Gasteiger partial charge on any atom is 0.414 e. The van der Waals surface area contributed by atoms with Crippen LogP contribution in [0.1, 0.15) is 45.2 Å². The summed E-state index contributed by atoms with van der Waals surface area (Å²) in [6.07, 6.45) is 1.19. The van der Waals surface area contributed by atoms with Crippen molar-refractivity contribution < 1.29 is 14.6 Å². The van der Waals surface area contributed by atoms with Crippen LogP contribution in [0.25, 0.3) is 0 Å². The Balaban J connectivity index is 1.96. The highest BCUT2D eigenvalue weighted by Crippen LogP contribution is 2.22. The molecule has 2 rings (SSSR count). The fraction of sp³-hybridized carbons (Fsp3) is 0.588. The number of hydrogen-bond donors (Lipinski definition) is 2. The van der Waals surface area contributed by atoms with Gasteiger partial charge >= 0.3 is 6.09 Å². The quantitative estimate of drug-likeness (QED) is 0.813. The minimum Gasteiger partial charge on any atom is -0.447 e. The standard InChI is InChI=1S/C17H26N2O3/c1-4-17(21,5-2)12-18-13(3)14-6-8-15(9-7-14)19-10-11-22-16(19)20/h6-9,13,18,21H,4-5,10-12H2,1-3H3. The van der Waals surface area contributed by atoms with Crippen LogP contribution in [-0.4, -0.2) is 36.5 Å². The first kappa shape index (κ1) is 16.8. The maximum atomic E-state index is 11.5. The monoisotopic (exact) mass is 306 g/mol. The molecule has 1 atom stereocenters. The highest BCUT2D eigenvalue weighted by molar-refractivity contribution is 5.89. The van der Waals surface area contributed by atoms with Crippen molar-refractivity contribution in [2.75, 3.05) is 24.6 Å². The van der Waals surface area contributed by atoms with Crippen LogP contribution in [0.3, 0.4) is 0 Å². The molecule has 22 heavy (non-hydrogen) atoms. The predicted molar refractivity (Wildman–Crippen MR) is 87.1 cm³/mol. The Morgan fingerprint density at radius 1 is 1.32 bits per heavy atom. The molecule has 0 aliphatic carbocycles. The van der Waals surface area contributed by atoms with E-state index < -0.39 is 5.60 Å². The summed E-state index contributed by atoms with van der Waals surface area (Å²) in [5.41, 5.74) is 1.34. The zero-order chi connectivity index (χ0) is 16.2. The number of anilines is 1. The van der Waals surface area contributed by atoms with Gasteiger partial charge in [0.15, 0.2) is 0 Å². The van der Waals surface area contributed by atoms with E-state index in [0.717, 1.165) is 24.1 Å². The van der Waals surface area contributed by atoms with Gasteiger partial charge in [-0.15, -0.1) is 0 Å². The number of carbonyl (C=O) groups excluding carboxylic acids is 1. The smallest absolute Gasteiger partial charge is 0.414 e. The predicted octanol–water partition coefficient (Wildman–Crippen LogP) is 2.84. The lowest BCUT2D eigenvalue weighted by molar-refractivity contribution is 0.0303. The molecule has 0 saturated carbocycles. The molecule has 1 aromatic rings. The second-order valence-corrected chi connectivity index (χ2v) is 5.89. The molecule has 0 radical (unpaired) electrons. The molecule has 0 spiro atoms. The van der Waals surface area contributed by atoms with Gasteiger partial charge in [-0.05, 0) is 37.5 Å². The van der Waals surface area contributed by atoms with Gasteiger partial charge in [-0.25, -0.2) is 4.79 Å². The fourth-order valence-corrected chi connectivity index (χ4v) is 2.53. The Bertz CT molecular complexity index is 497. The summed E-state index contributed by atoms with van der Waals surface area (Å²) >= 11 is 0. The van der Waals surface area contributed by atoms with Gasteiger partial charge in [0.25, 0.3) is 0 Å². The first-order valence-corrected chi connectivity index (χ1v) is 7.99. The molecule has 2 N–H and O–H groups in total. The van der Waals surface area contributed by atoms with Gasteiger partial charge in [0.05, 0.1) is 12.1 Å². The van der Waals surface area contributed by atoms with Crippen molar-refractivity contribution in [2.24, 2.45) is 0 Å². The van der Waals surface area contributed by atoms with Crippen LogP contribution in [0.2, 0.25) is 0 Å². The molecular formula is C17H26N2O3. The van der Waals surface area contributed by atoms with Crippen LogP contribution in [0.15, 0.2) is 24.3 Å². The molecule has 1 aromatic carbocycles. The molecule has 1 aliphatic heterocycles. The third-order valence-electron chi connectivity index (χ3n) is 4.52. The van der Waals surface area contributed by atoms with Crippen molar-refractivity contribution in [2.45, 2.75) is 45.3 Å². The summed E-state index contributed by atoms with van der Waals surface area (Å²) in [4.78, 5) is 13.2. The van der Waals surface area contributed by atoms with E-state index in [1.165, 1.54) is 0 Å². The van der Waals surface area contributed by atoms with E-state index in [9.17, 15) is 9.90 Å². The van der Waals surface area contributed by atoms with Crippen LogP contribution >= 0.6 is 0 Å². The topological polar surface area (TPSA) is 61.8 Å². The first-order valence-electron chi connectivity index (χ1n) is 7.99. The van der Waals surface area contributed by atoms with Gasteiger partial charge in [-0.2, -0.15) is 0 Å². The Morgan fingerprint density at radius 2 is 1.95 bits per heavy atom. The number of cyclic esters (lactones) is 1. The number of carbonyl (C=O) groups is 1. The number of nitrogens with zero attached hydrogens (tertiary/aromatic N) is 1. The summed E-state index contributed by atoms with van der Waals surface area (Å²) in [5.74, 6) is 0. The van der Waals surface area contributed by atoms with Gasteiger partial charge in [-0.3, -0.25) is 4.90 Å². The second kappa shape index (κ2) is 7.11. The molecule has 1 heterocycles. The van der Waals surface area contributed by atoms with Gasteiger partial charge in [0.1, 0.15) is 6.61 Å². The normalized spacial score (nSPS) is 16.7. The number of benzene rings is 1. The van der Waals surface area contributed by atoms with E-state index in [-0.39, 0.29) is 12.1 Å². The Hall–Kier alpha value is -1.59. The third kappa shape index (κ3) is 3.78. The minimum absolute atomic E-state index is 0.143. The van der Waals surface area contributed by atoms with Crippen LogP contribution in [0, 0.1) is 0 Å². The van der Waals surface area contributed by atoms with Crippen molar-refractivity contribution in [1.82, 2.24) is 5.32 Å². The molecule has 1 amide bonds. The Kier molecular flexibility index (Phi) is 5.42. The van der Waals surface area contributed by atoms with E-state index >= 15 is 0 Å². The number of hydrogen-bond acceptors (Lipinski definition) is 4. The molecule has 5 nitrogen and oxygen atoms in total. The number of amides is 1. The molecule has 0 aromatic heterocycles. The lowest BCUT2D eigenvalue weighted by atomic mass is 9.96. The summed E-state index contributed by atoms with van der Waals surface area (Å²) in [6, 6.07) is 8.03. The van der Waals surface area contributed by atoms with Crippen LogP contribution in [-0.2, 0) is 4.74 Å². The number of nitrogens with one attached hydrogen (secondary N) is 1. The molecule has 1 fully saturated rings. The van der Waals surface area contributed by atoms with E-state index in [1.54, 1.807) is 4.90 Å². The molecular weight excluding hydrogens is 280 g/mol. The van der Waals surface area contributed by atoms with Gasteiger partial charge in [0, 0.05) is 18.3 Å². The molecule has 122 valence electrons. The van der Waals surface area contributed by atoms with Crippen molar-refractivity contribution in [3.8, 4) is 0 Å². The lowest BCUT2D eigenvalue weighted by Gasteiger charge is -2.28. The Morgan fingerprint density at radius 3 is 2.45 bits per heavy atom. The van der Waals surface area contributed by atoms with Crippen LogP contribution in [0.4, 0.5) is 10.5 Å². The summed E-state index contributed by atoms with van der Waals surface area (Å²) < 4.78 is 4.95. The molecule has 1 saturated heterocycles. The third-order valence-corrected chi connectivity index (χ3v) is 4.52. The SMILES string of the molecule is CCC(O)(CC)CNC(C)c1ccc(N2CCOC2=O)cc1. The van der Waals surface area contributed by atoms with Crippen molar-refractivity contribution in [1.29, 1.82) is 0 Å². The van der Waals surface area contributed by atoms with E-state index in [1.807, 2.05) is 38.1 Å². The van der Waals surface area contributed by atoms with E-state index in [0.29, 0.717) is 19.7 Å². The van der Waals surface area contributed by atoms with E-state index in [2.05, 4.69) is 12.2 Å². The largest absolute Gasteiger partial charge is 0.447 e. The molecule has 1 unspecified atom stereocenters. The fourth-order valence-electron chi connectivity index (χ4n) is 2.53. The van der Waals surface area contributed by atoms with Crippen molar-refractivity contribution >= 4 is 11.8 Å². The summed E-state index contributed by atoms with van der Waals surface area (Å²) in [7, 11) is 0. The first-order chi connectivity index (χ1) is 10.5. The highest BCUT2D eigenvalue weighted by Gasteiger charge is 2.24. The van der Waals surface area contributed by atoms with Gasteiger partial charge in [0.2, 0.25) is 0 Å². The average molecular weight is 306 g/mol. The zero-order valence-electron chi connectivity index (χ0n) is 13.6. The second-order valence-electron chi connectivity index (χ2n) is 5.89. The van der Waals surface area contributed by atoms with Crippen molar-refractivity contribution in [3.63, 3.8) is 0 Å². The zero-order valence-corrected chi connectivity index (χ0v) is 13.6. The summed E-state index contributed by atoms with van der Waals surface area (Å²) in [6.45, 7) is 7.70. The maximum absolute atomic E-state index is 11.5. The van der Waals surface area contributed by atoms with Gasteiger partial charge < -0.3 is 15.2 Å². The average Bonchev–Trinajstić information content (AvgIpc) is 2.98. The summed E-state index contributed by atoms with van der Waals surface area (Å²) in [5, 5.41) is 13.7. The Labute approximate surface area is 132 Å².